The largest absolute Gasteiger partial charge is 0.497 e. The van der Waals surface area contributed by atoms with Crippen molar-refractivity contribution in [3.63, 3.8) is 0 Å². The monoisotopic (exact) mass is 462 g/mol. The lowest BCUT2D eigenvalue weighted by Gasteiger charge is -2.27. The van der Waals surface area contributed by atoms with Gasteiger partial charge in [0.15, 0.2) is 6.10 Å². The number of methoxy groups -OCH3 is 1. The molecule has 2 aromatic rings. The summed E-state index contributed by atoms with van der Waals surface area (Å²) in [5, 5.41) is 3.49. The molecule has 0 aromatic heterocycles. The van der Waals surface area contributed by atoms with E-state index in [4.69, 9.17) is 21.1 Å². The number of amides is 1. The highest BCUT2D eigenvalue weighted by Crippen LogP contribution is 2.47. The van der Waals surface area contributed by atoms with Crippen LogP contribution in [0.15, 0.2) is 47.4 Å². The molecule has 2 atom stereocenters. The number of thioether (sulfide) groups is 1. The number of fused-ring (bicyclic) bond motifs is 1. The molecule has 0 saturated heterocycles. The van der Waals surface area contributed by atoms with E-state index < -0.39 is 17.3 Å². The van der Waals surface area contributed by atoms with Gasteiger partial charge in [-0.1, -0.05) is 30.7 Å². The molecule has 1 aliphatic rings. The van der Waals surface area contributed by atoms with Crippen molar-refractivity contribution in [1.82, 2.24) is 5.32 Å². The molecule has 166 valence electrons. The van der Waals surface area contributed by atoms with Crippen LogP contribution in [0.3, 0.4) is 0 Å². The number of anilines is 1. The standard InChI is InChI=1S/C23H27ClN2O4S/c1-4-11-25-12-13-26-19-10-7-17(24)14-20(19)31-22(21(23(26)28)30-15(2)27)16-5-8-18(29-3)9-6-16/h5-10,14,21-22,25H,4,11-13H2,1-3H3. The Morgan fingerprint density at radius 1 is 1.19 bits per heavy atom. The number of hydrogen-bond donors (Lipinski definition) is 1. The Bertz CT molecular complexity index is 922. The zero-order valence-corrected chi connectivity index (χ0v) is 19.5. The Labute approximate surface area is 192 Å². The first-order valence-electron chi connectivity index (χ1n) is 10.2. The maximum absolute atomic E-state index is 13.6. The van der Waals surface area contributed by atoms with E-state index in [1.54, 1.807) is 18.1 Å². The van der Waals surface area contributed by atoms with E-state index >= 15 is 0 Å². The Morgan fingerprint density at radius 2 is 1.94 bits per heavy atom. The number of carbonyl (C=O) groups is 2. The molecule has 0 fully saturated rings. The molecule has 3 rings (SSSR count). The van der Waals surface area contributed by atoms with Crippen molar-refractivity contribution in [1.29, 1.82) is 0 Å². The molecule has 8 heteroatoms. The molecule has 1 heterocycles. The molecule has 2 unspecified atom stereocenters. The summed E-state index contributed by atoms with van der Waals surface area (Å²) >= 11 is 7.76. The van der Waals surface area contributed by atoms with E-state index in [2.05, 4.69) is 12.2 Å². The molecule has 0 aliphatic carbocycles. The smallest absolute Gasteiger partial charge is 0.303 e. The lowest BCUT2D eigenvalue weighted by atomic mass is 10.1. The fraction of sp³-hybridized carbons (Fsp3) is 0.391. The van der Waals surface area contributed by atoms with Gasteiger partial charge in [0.1, 0.15) is 5.75 Å². The molecule has 1 aliphatic heterocycles. The van der Waals surface area contributed by atoms with Gasteiger partial charge < -0.3 is 19.7 Å². The SMILES string of the molecule is CCCNCCN1C(=O)C(OC(C)=O)C(c2ccc(OC)cc2)Sc2cc(Cl)ccc21. The summed E-state index contributed by atoms with van der Waals surface area (Å²) in [6.45, 7) is 5.37. The van der Waals surface area contributed by atoms with Gasteiger partial charge in [-0.2, -0.15) is 0 Å². The van der Waals surface area contributed by atoms with Crippen molar-refractivity contribution >= 4 is 40.9 Å². The number of nitrogens with zero attached hydrogens (tertiary/aromatic N) is 1. The van der Waals surface area contributed by atoms with Crippen LogP contribution in [0.2, 0.25) is 5.02 Å². The molecule has 1 N–H and O–H groups in total. The van der Waals surface area contributed by atoms with Gasteiger partial charge in [-0.3, -0.25) is 9.59 Å². The number of nitrogens with one attached hydrogen (secondary N) is 1. The van der Waals surface area contributed by atoms with Crippen LogP contribution in [0, 0.1) is 0 Å². The van der Waals surface area contributed by atoms with Crippen molar-refractivity contribution in [3.8, 4) is 5.75 Å². The fourth-order valence-electron chi connectivity index (χ4n) is 3.46. The predicted molar refractivity (Wildman–Crippen MR) is 124 cm³/mol. The average molecular weight is 463 g/mol. The maximum Gasteiger partial charge on any atom is 0.303 e. The second-order valence-corrected chi connectivity index (χ2v) is 8.81. The molecule has 2 aromatic carbocycles. The van der Waals surface area contributed by atoms with Gasteiger partial charge >= 0.3 is 5.97 Å². The molecule has 6 nitrogen and oxygen atoms in total. The number of hydrogen-bond acceptors (Lipinski definition) is 6. The second-order valence-electron chi connectivity index (χ2n) is 7.19. The van der Waals surface area contributed by atoms with Crippen LogP contribution >= 0.6 is 23.4 Å². The van der Waals surface area contributed by atoms with Crippen molar-refractivity contribution in [2.45, 2.75) is 36.5 Å². The van der Waals surface area contributed by atoms with Crippen LogP contribution in [0.25, 0.3) is 0 Å². The van der Waals surface area contributed by atoms with Crippen molar-refractivity contribution in [2.75, 3.05) is 31.6 Å². The van der Waals surface area contributed by atoms with E-state index in [1.807, 2.05) is 36.4 Å². The zero-order valence-electron chi connectivity index (χ0n) is 17.9. The van der Waals surface area contributed by atoms with Gasteiger partial charge in [-0.05, 0) is 48.9 Å². The van der Waals surface area contributed by atoms with Crippen LogP contribution in [0.4, 0.5) is 5.69 Å². The van der Waals surface area contributed by atoms with E-state index in [1.165, 1.54) is 18.7 Å². The third kappa shape index (κ3) is 5.73. The number of esters is 1. The topological polar surface area (TPSA) is 67.9 Å². The molecule has 0 spiro atoms. The van der Waals surface area contributed by atoms with Crippen LogP contribution in [-0.4, -0.2) is 44.7 Å². The van der Waals surface area contributed by atoms with Gasteiger partial charge in [0.05, 0.1) is 18.0 Å². The fourth-order valence-corrected chi connectivity index (χ4v) is 5.05. The quantitative estimate of drug-likeness (QED) is 0.461. The first-order valence-corrected chi connectivity index (χ1v) is 11.5. The van der Waals surface area contributed by atoms with Gasteiger partial charge in [0, 0.05) is 29.9 Å². The van der Waals surface area contributed by atoms with Crippen LogP contribution in [-0.2, 0) is 14.3 Å². The summed E-state index contributed by atoms with van der Waals surface area (Å²) in [7, 11) is 1.60. The predicted octanol–water partition coefficient (Wildman–Crippen LogP) is 4.46. The summed E-state index contributed by atoms with van der Waals surface area (Å²) in [6, 6.07) is 12.9. The first-order chi connectivity index (χ1) is 14.9. The molecule has 0 radical (unpaired) electrons. The molecule has 1 amide bonds. The highest BCUT2D eigenvalue weighted by molar-refractivity contribution is 7.99. The van der Waals surface area contributed by atoms with Gasteiger partial charge in [0.25, 0.3) is 5.91 Å². The van der Waals surface area contributed by atoms with Crippen LogP contribution < -0.4 is 15.0 Å². The third-order valence-corrected chi connectivity index (χ3v) is 6.52. The minimum Gasteiger partial charge on any atom is -0.497 e. The lowest BCUT2D eigenvalue weighted by Crippen LogP contribution is -2.45. The van der Waals surface area contributed by atoms with Crippen LogP contribution in [0.1, 0.15) is 31.1 Å². The highest BCUT2D eigenvalue weighted by Gasteiger charge is 2.40. The molecule has 31 heavy (non-hydrogen) atoms. The average Bonchev–Trinajstić information content (AvgIpc) is 2.86. The van der Waals surface area contributed by atoms with Crippen molar-refractivity contribution < 1.29 is 19.1 Å². The van der Waals surface area contributed by atoms with E-state index in [0.717, 1.165) is 29.1 Å². The minimum absolute atomic E-state index is 0.247. The van der Waals surface area contributed by atoms with E-state index in [-0.39, 0.29) is 5.91 Å². The summed E-state index contributed by atoms with van der Waals surface area (Å²) in [6.07, 6.45) is 0.0410. The van der Waals surface area contributed by atoms with E-state index in [0.29, 0.717) is 23.9 Å². The first kappa shape index (κ1) is 23.4. The summed E-state index contributed by atoms with van der Waals surface area (Å²) < 4.78 is 10.8. The number of benzene rings is 2. The summed E-state index contributed by atoms with van der Waals surface area (Å²) in [5.74, 6) is -0.0294. The molecule has 0 bridgehead atoms. The van der Waals surface area contributed by atoms with Gasteiger partial charge in [0.2, 0.25) is 0 Å². The van der Waals surface area contributed by atoms with Crippen LogP contribution in [0.5, 0.6) is 5.75 Å². The van der Waals surface area contributed by atoms with Gasteiger partial charge in [-0.25, -0.2) is 0 Å². The molecular formula is C23H27ClN2O4S. The Hall–Kier alpha value is -2.22. The Kier molecular flexibility index (Phi) is 8.23. The maximum atomic E-state index is 13.6. The molecular weight excluding hydrogens is 436 g/mol. The Balaban J connectivity index is 2.03. The summed E-state index contributed by atoms with van der Waals surface area (Å²) in [5.41, 5.74) is 1.63. The Morgan fingerprint density at radius 3 is 2.58 bits per heavy atom. The van der Waals surface area contributed by atoms with Crippen molar-refractivity contribution in [3.05, 3.63) is 53.1 Å². The number of halogens is 1. The number of carbonyl (C=O) groups excluding carboxylic acids is 2. The minimum atomic E-state index is -0.965. The third-order valence-electron chi connectivity index (χ3n) is 4.93. The molecule has 0 saturated carbocycles. The van der Waals surface area contributed by atoms with Gasteiger partial charge in [-0.15, -0.1) is 11.8 Å². The zero-order chi connectivity index (χ0) is 22.4. The number of rotatable bonds is 8. The van der Waals surface area contributed by atoms with Crippen molar-refractivity contribution in [2.24, 2.45) is 0 Å². The van der Waals surface area contributed by atoms with E-state index in [9.17, 15) is 9.59 Å². The number of ether oxygens (including phenoxy) is 2. The lowest BCUT2D eigenvalue weighted by molar-refractivity contribution is -0.152. The second kappa shape index (κ2) is 10.9. The highest BCUT2D eigenvalue weighted by atomic mass is 35.5. The summed E-state index contributed by atoms with van der Waals surface area (Å²) in [4.78, 5) is 28.1. The normalized spacial score (nSPS) is 18.3.